The Kier molecular flexibility index (Phi) is 4.43. The van der Waals surface area contributed by atoms with E-state index in [0.717, 1.165) is 0 Å². The van der Waals surface area contributed by atoms with Crippen molar-refractivity contribution in [3.63, 3.8) is 0 Å². The van der Waals surface area contributed by atoms with Crippen LogP contribution in [0.2, 0.25) is 5.02 Å². The molecule has 0 aromatic carbocycles. The van der Waals surface area contributed by atoms with Gasteiger partial charge < -0.3 is 5.32 Å². The number of hydrogen-bond donors (Lipinski definition) is 1. The highest BCUT2D eigenvalue weighted by Crippen LogP contribution is 2.28. The Balaban J connectivity index is 2.22. The molecule has 0 amide bonds. The van der Waals surface area contributed by atoms with Crippen LogP contribution in [0.1, 0.15) is 47.0 Å². The third kappa shape index (κ3) is 3.35. The van der Waals surface area contributed by atoms with E-state index in [1.165, 1.54) is 19.3 Å². The predicted octanol–water partition coefficient (Wildman–Crippen LogP) is 3.54. The van der Waals surface area contributed by atoms with Crippen molar-refractivity contribution < 1.29 is 0 Å². The molecular weight excluding hydrogens is 274 g/mol. The molecule has 2 rings (SSSR count). The first-order valence-corrected chi connectivity index (χ1v) is 7.69. The summed E-state index contributed by atoms with van der Waals surface area (Å²) >= 11 is 6.14. The fraction of sp³-hybridized carbons (Fsp3) is 0.733. The van der Waals surface area contributed by atoms with Crippen LogP contribution in [0.4, 0.5) is 5.69 Å². The van der Waals surface area contributed by atoms with Gasteiger partial charge >= 0.3 is 0 Å². The molecule has 1 aliphatic rings. The van der Waals surface area contributed by atoms with Crippen LogP contribution in [0.3, 0.4) is 0 Å². The summed E-state index contributed by atoms with van der Waals surface area (Å²) in [7, 11) is 0. The van der Waals surface area contributed by atoms with Crippen LogP contribution in [0.5, 0.6) is 0 Å². The molecule has 0 saturated heterocycles. The van der Waals surface area contributed by atoms with E-state index in [9.17, 15) is 4.79 Å². The first kappa shape index (κ1) is 15.4. The fourth-order valence-electron chi connectivity index (χ4n) is 2.08. The van der Waals surface area contributed by atoms with E-state index >= 15 is 0 Å². The van der Waals surface area contributed by atoms with Crippen molar-refractivity contribution in [1.29, 1.82) is 0 Å². The Bertz CT molecular complexity index is 529. The first-order valence-electron chi connectivity index (χ1n) is 7.31. The average molecular weight is 298 g/mol. The number of hydrogen-bond acceptors (Lipinski definition) is 3. The SMILES string of the molecule is CC(Nc1c(Cl)cnn(CC2CCC2)c1=O)C(C)(C)C. The van der Waals surface area contributed by atoms with E-state index in [4.69, 9.17) is 11.6 Å². The molecule has 1 fully saturated rings. The zero-order chi connectivity index (χ0) is 14.9. The molecule has 112 valence electrons. The van der Waals surface area contributed by atoms with Crippen LogP contribution in [0, 0.1) is 11.3 Å². The standard InChI is InChI=1S/C15H24ClN3O/c1-10(15(2,3)4)18-13-12(16)8-17-19(14(13)20)9-11-6-5-7-11/h8,10-11,18H,5-7,9H2,1-4H3. The second kappa shape index (κ2) is 5.76. The van der Waals surface area contributed by atoms with Gasteiger partial charge in [0.1, 0.15) is 5.69 Å². The summed E-state index contributed by atoms with van der Waals surface area (Å²) in [4.78, 5) is 12.5. The Morgan fingerprint density at radius 3 is 2.65 bits per heavy atom. The summed E-state index contributed by atoms with van der Waals surface area (Å²) in [5, 5.41) is 7.82. The summed E-state index contributed by atoms with van der Waals surface area (Å²) in [5.41, 5.74) is 0.418. The van der Waals surface area contributed by atoms with E-state index < -0.39 is 0 Å². The monoisotopic (exact) mass is 297 g/mol. The molecule has 0 bridgehead atoms. The molecule has 1 aromatic heterocycles. The van der Waals surface area contributed by atoms with Crippen molar-refractivity contribution in [2.45, 2.75) is 59.5 Å². The van der Waals surface area contributed by atoms with Crippen LogP contribution >= 0.6 is 11.6 Å². The first-order chi connectivity index (χ1) is 9.29. The van der Waals surface area contributed by atoms with E-state index in [1.807, 2.05) is 0 Å². The molecular formula is C15H24ClN3O. The van der Waals surface area contributed by atoms with Gasteiger partial charge in [0.05, 0.1) is 11.2 Å². The molecule has 1 aromatic rings. The van der Waals surface area contributed by atoms with Gasteiger partial charge in [0, 0.05) is 12.6 Å². The molecule has 4 nitrogen and oxygen atoms in total. The Morgan fingerprint density at radius 1 is 1.50 bits per heavy atom. The molecule has 1 unspecified atom stereocenters. The van der Waals surface area contributed by atoms with E-state index in [2.05, 4.69) is 38.1 Å². The lowest BCUT2D eigenvalue weighted by Gasteiger charge is -2.29. The topological polar surface area (TPSA) is 46.9 Å². The molecule has 1 atom stereocenters. The summed E-state index contributed by atoms with van der Waals surface area (Å²) < 4.78 is 1.55. The number of nitrogens with zero attached hydrogens (tertiary/aromatic N) is 2. The summed E-state index contributed by atoms with van der Waals surface area (Å²) in [6, 6.07) is 0.146. The molecule has 1 heterocycles. The fourth-order valence-corrected chi connectivity index (χ4v) is 2.26. The highest BCUT2D eigenvalue weighted by Gasteiger charge is 2.24. The van der Waals surface area contributed by atoms with Crippen LogP contribution in [-0.4, -0.2) is 15.8 Å². The van der Waals surface area contributed by atoms with Crippen molar-refractivity contribution >= 4 is 17.3 Å². The molecule has 1 saturated carbocycles. The number of nitrogens with one attached hydrogen (secondary N) is 1. The molecule has 0 aliphatic heterocycles. The van der Waals surface area contributed by atoms with Crippen molar-refractivity contribution in [3.8, 4) is 0 Å². The minimum atomic E-state index is -0.111. The van der Waals surface area contributed by atoms with E-state index in [-0.39, 0.29) is 17.0 Å². The molecule has 5 heteroatoms. The van der Waals surface area contributed by atoms with E-state index in [1.54, 1.807) is 10.9 Å². The lowest BCUT2D eigenvalue weighted by molar-refractivity contribution is 0.262. The number of halogens is 1. The van der Waals surface area contributed by atoms with Crippen molar-refractivity contribution in [2.75, 3.05) is 5.32 Å². The zero-order valence-corrected chi connectivity index (χ0v) is 13.5. The zero-order valence-electron chi connectivity index (χ0n) is 12.7. The van der Waals surface area contributed by atoms with Crippen LogP contribution in [0.25, 0.3) is 0 Å². The maximum absolute atomic E-state index is 12.5. The maximum atomic E-state index is 12.5. The lowest BCUT2D eigenvalue weighted by atomic mass is 9.85. The maximum Gasteiger partial charge on any atom is 0.291 e. The second-order valence-corrected chi connectivity index (χ2v) is 7.29. The third-order valence-electron chi connectivity index (χ3n) is 4.31. The van der Waals surface area contributed by atoms with Gasteiger partial charge in [-0.1, -0.05) is 38.8 Å². The number of rotatable bonds is 4. The van der Waals surface area contributed by atoms with Gasteiger partial charge in [-0.15, -0.1) is 0 Å². The van der Waals surface area contributed by atoms with Crippen LogP contribution in [-0.2, 0) is 6.54 Å². The van der Waals surface area contributed by atoms with Crippen molar-refractivity contribution in [3.05, 3.63) is 21.6 Å². The molecule has 0 radical (unpaired) electrons. The molecule has 20 heavy (non-hydrogen) atoms. The van der Waals surface area contributed by atoms with Crippen molar-refractivity contribution in [2.24, 2.45) is 11.3 Å². The Hall–Kier alpha value is -1.03. The normalized spacial score (nSPS) is 17.6. The predicted molar refractivity (Wildman–Crippen MR) is 83.4 cm³/mol. The number of aromatic nitrogens is 2. The van der Waals surface area contributed by atoms with Gasteiger partial charge in [0.2, 0.25) is 0 Å². The van der Waals surface area contributed by atoms with Gasteiger partial charge in [-0.05, 0) is 31.1 Å². The average Bonchev–Trinajstić information content (AvgIpc) is 2.29. The third-order valence-corrected chi connectivity index (χ3v) is 4.60. The van der Waals surface area contributed by atoms with Crippen LogP contribution in [0.15, 0.2) is 11.0 Å². The minimum absolute atomic E-state index is 0.0534. The van der Waals surface area contributed by atoms with Crippen LogP contribution < -0.4 is 10.9 Å². The lowest BCUT2D eigenvalue weighted by Crippen LogP contribution is -2.36. The summed E-state index contributed by atoms with van der Waals surface area (Å²) in [5.74, 6) is 0.592. The second-order valence-electron chi connectivity index (χ2n) is 6.88. The van der Waals surface area contributed by atoms with Gasteiger partial charge in [-0.3, -0.25) is 4.79 Å². The Morgan fingerprint density at radius 2 is 2.15 bits per heavy atom. The van der Waals surface area contributed by atoms with Gasteiger partial charge in [0.25, 0.3) is 5.56 Å². The summed E-state index contributed by atoms with van der Waals surface area (Å²) in [6.45, 7) is 9.16. The minimum Gasteiger partial charge on any atom is -0.376 e. The van der Waals surface area contributed by atoms with Crippen molar-refractivity contribution in [1.82, 2.24) is 9.78 Å². The summed E-state index contributed by atoms with van der Waals surface area (Å²) in [6.07, 6.45) is 5.22. The smallest absolute Gasteiger partial charge is 0.291 e. The highest BCUT2D eigenvalue weighted by atomic mass is 35.5. The quantitative estimate of drug-likeness (QED) is 0.924. The van der Waals surface area contributed by atoms with Gasteiger partial charge in [0.15, 0.2) is 0 Å². The Labute approximate surface area is 125 Å². The molecule has 1 aliphatic carbocycles. The van der Waals surface area contributed by atoms with Gasteiger partial charge in [-0.25, -0.2) is 4.68 Å². The largest absolute Gasteiger partial charge is 0.376 e. The molecule has 1 N–H and O–H groups in total. The highest BCUT2D eigenvalue weighted by molar-refractivity contribution is 6.33. The number of anilines is 1. The van der Waals surface area contributed by atoms with Gasteiger partial charge in [-0.2, -0.15) is 5.10 Å². The molecule has 0 spiro atoms. The van der Waals surface area contributed by atoms with E-state index in [0.29, 0.717) is 23.2 Å².